The number of esters is 1. The molecule has 0 aliphatic rings. The molecule has 0 N–H and O–H groups in total. The van der Waals surface area contributed by atoms with E-state index in [9.17, 15) is 4.79 Å². The van der Waals surface area contributed by atoms with Crippen molar-refractivity contribution >= 4 is 48.9 Å². The molecule has 2 rings (SSSR count). The van der Waals surface area contributed by atoms with Crippen molar-refractivity contribution in [3.8, 4) is 0 Å². The lowest BCUT2D eigenvalue weighted by Crippen LogP contribution is -2.04. The van der Waals surface area contributed by atoms with Crippen LogP contribution in [0.4, 0.5) is 0 Å². The molecule has 0 fully saturated rings. The highest BCUT2D eigenvalue weighted by molar-refractivity contribution is 9.08. The maximum Gasteiger partial charge on any atom is 0.342 e. The summed E-state index contributed by atoms with van der Waals surface area (Å²) in [5.74, 6) is -0.393. The zero-order valence-electron chi connectivity index (χ0n) is 10.6. The number of rotatable bonds is 4. The van der Waals surface area contributed by atoms with E-state index >= 15 is 0 Å². The van der Waals surface area contributed by atoms with E-state index in [2.05, 4.69) is 15.9 Å². The van der Waals surface area contributed by atoms with Gasteiger partial charge in [-0.15, -0.1) is 11.3 Å². The van der Waals surface area contributed by atoms with Gasteiger partial charge in [0.25, 0.3) is 0 Å². The molecule has 100 valence electrons. The molecule has 0 amide bonds. The molecule has 0 aliphatic heterocycles. The van der Waals surface area contributed by atoms with Crippen LogP contribution in [0, 0.1) is 0 Å². The second kappa shape index (κ2) is 6.21. The highest BCUT2D eigenvalue weighted by Crippen LogP contribution is 2.37. The number of fused-ring (bicyclic) bond motifs is 1. The van der Waals surface area contributed by atoms with Gasteiger partial charge < -0.3 is 9.47 Å². The molecule has 0 atom stereocenters. The van der Waals surface area contributed by atoms with Gasteiger partial charge in [-0.25, -0.2) is 4.79 Å². The molecule has 3 nitrogen and oxygen atoms in total. The molecule has 0 aliphatic carbocycles. The number of alkyl halides is 1. The molecule has 0 saturated carbocycles. The molecule has 0 radical (unpaired) electrons. The highest BCUT2D eigenvalue weighted by atomic mass is 79.9. The van der Waals surface area contributed by atoms with E-state index in [1.807, 2.05) is 24.3 Å². The Morgan fingerprint density at radius 2 is 2.11 bits per heavy atom. The Morgan fingerprint density at radius 1 is 1.37 bits per heavy atom. The van der Waals surface area contributed by atoms with Crippen LogP contribution in [0.5, 0.6) is 0 Å². The van der Waals surface area contributed by atoms with Gasteiger partial charge >= 0.3 is 5.97 Å². The number of carbonyl (C=O) groups is 1. The molecule has 5 heteroatoms. The summed E-state index contributed by atoms with van der Waals surface area (Å²) in [5, 5.41) is 1.81. The molecule has 0 unspecified atom stereocenters. The molecule has 0 saturated heterocycles. The van der Waals surface area contributed by atoms with E-state index in [-0.39, 0.29) is 0 Å². The molecule has 1 aromatic carbocycles. The fourth-order valence-electron chi connectivity index (χ4n) is 1.87. The van der Waals surface area contributed by atoms with Crippen molar-refractivity contribution in [2.75, 3.05) is 14.2 Å². The van der Waals surface area contributed by atoms with Gasteiger partial charge in [0.1, 0.15) is 5.57 Å². The number of thiophene rings is 1. The van der Waals surface area contributed by atoms with Gasteiger partial charge in [0, 0.05) is 14.9 Å². The third-order valence-electron chi connectivity index (χ3n) is 2.72. The first-order valence-corrected chi connectivity index (χ1v) is 7.54. The van der Waals surface area contributed by atoms with Crippen LogP contribution in [-0.4, -0.2) is 20.2 Å². The summed E-state index contributed by atoms with van der Waals surface area (Å²) in [6.07, 6.45) is 1.43. The van der Waals surface area contributed by atoms with Crippen LogP contribution in [0.1, 0.15) is 10.4 Å². The molecule has 1 aromatic heterocycles. The zero-order chi connectivity index (χ0) is 13.8. The van der Waals surface area contributed by atoms with Crippen molar-refractivity contribution in [3.63, 3.8) is 0 Å². The molecular formula is C14H13BrO3S. The lowest BCUT2D eigenvalue weighted by Gasteiger charge is -2.05. The standard InChI is InChI=1S/C14H13BrO3S/c1-17-8-11(14(16)18-2)13-10(7-15)9-5-3-4-6-12(9)19-13/h3-6,8H,7H2,1-2H3/b11-8-. The van der Waals surface area contributed by atoms with Crippen molar-refractivity contribution in [1.82, 2.24) is 0 Å². The normalized spacial score (nSPS) is 11.6. The minimum absolute atomic E-state index is 0.393. The maximum atomic E-state index is 11.9. The third-order valence-corrected chi connectivity index (χ3v) is 4.52. The summed E-state index contributed by atoms with van der Waals surface area (Å²) in [6, 6.07) is 8.06. The fraction of sp³-hybridized carbons (Fsp3) is 0.214. The Balaban J connectivity index is 2.66. The van der Waals surface area contributed by atoms with Crippen LogP contribution in [-0.2, 0) is 19.6 Å². The summed E-state index contributed by atoms with van der Waals surface area (Å²) in [4.78, 5) is 12.7. The Hall–Kier alpha value is -1.33. The monoisotopic (exact) mass is 340 g/mol. The number of methoxy groups -OCH3 is 2. The maximum absolute atomic E-state index is 11.9. The van der Waals surface area contributed by atoms with Crippen molar-refractivity contribution in [3.05, 3.63) is 41.0 Å². The Morgan fingerprint density at radius 3 is 2.74 bits per heavy atom. The van der Waals surface area contributed by atoms with Crippen LogP contribution >= 0.6 is 27.3 Å². The van der Waals surface area contributed by atoms with E-state index in [4.69, 9.17) is 9.47 Å². The van der Waals surface area contributed by atoms with E-state index in [1.54, 1.807) is 11.3 Å². The second-order valence-corrected chi connectivity index (χ2v) is 5.41. The molecule has 0 spiro atoms. The van der Waals surface area contributed by atoms with Gasteiger partial charge in [-0.2, -0.15) is 0 Å². The zero-order valence-corrected chi connectivity index (χ0v) is 13.0. The average Bonchev–Trinajstić information content (AvgIpc) is 2.82. The summed E-state index contributed by atoms with van der Waals surface area (Å²) in [6.45, 7) is 0. The van der Waals surface area contributed by atoms with Crippen LogP contribution in [0.15, 0.2) is 30.5 Å². The lowest BCUT2D eigenvalue weighted by atomic mass is 10.1. The Labute approximate surface area is 124 Å². The van der Waals surface area contributed by atoms with Gasteiger partial charge in [0.05, 0.1) is 20.5 Å². The summed E-state index contributed by atoms with van der Waals surface area (Å²) >= 11 is 5.05. The first-order chi connectivity index (χ1) is 9.22. The smallest absolute Gasteiger partial charge is 0.342 e. The summed E-state index contributed by atoms with van der Waals surface area (Å²) in [5.41, 5.74) is 1.52. The first-order valence-electron chi connectivity index (χ1n) is 5.61. The van der Waals surface area contributed by atoms with E-state index in [1.165, 1.54) is 20.5 Å². The van der Waals surface area contributed by atoms with Crippen LogP contribution in [0.3, 0.4) is 0 Å². The third kappa shape index (κ3) is 2.67. The van der Waals surface area contributed by atoms with Crippen LogP contribution in [0.25, 0.3) is 15.7 Å². The fourth-order valence-corrected chi connectivity index (χ4v) is 3.85. The number of ether oxygens (including phenoxy) is 2. The Bertz CT molecular complexity index is 631. The summed E-state index contributed by atoms with van der Waals surface area (Å²) < 4.78 is 11.0. The van der Waals surface area contributed by atoms with E-state index in [0.29, 0.717) is 10.9 Å². The van der Waals surface area contributed by atoms with Crippen molar-refractivity contribution in [2.45, 2.75) is 5.33 Å². The van der Waals surface area contributed by atoms with Crippen molar-refractivity contribution < 1.29 is 14.3 Å². The SMILES string of the molecule is CO/C=C(\C(=O)OC)c1sc2ccccc2c1CBr. The summed E-state index contributed by atoms with van der Waals surface area (Å²) in [7, 11) is 2.89. The van der Waals surface area contributed by atoms with Gasteiger partial charge in [0.15, 0.2) is 0 Å². The quantitative estimate of drug-likeness (QED) is 0.366. The number of halogens is 1. The van der Waals surface area contributed by atoms with E-state index < -0.39 is 5.97 Å². The minimum Gasteiger partial charge on any atom is -0.503 e. The van der Waals surface area contributed by atoms with Crippen molar-refractivity contribution in [2.24, 2.45) is 0 Å². The lowest BCUT2D eigenvalue weighted by molar-refractivity contribution is -0.133. The minimum atomic E-state index is -0.393. The van der Waals surface area contributed by atoms with E-state index in [0.717, 1.165) is 20.5 Å². The average molecular weight is 341 g/mol. The number of hydrogen-bond acceptors (Lipinski definition) is 4. The van der Waals surface area contributed by atoms with Crippen molar-refractivity contribution in [1.29, 1.82) is 0 Å². The number of hydrogen-bond donors (Lipinski definition) is 0. The Kier molecular flexibility index (Phi) is 4.61. The highest BCUT2D eigenvalue weighted by Gasteiger charge is 2.20. The van der Waals surface area contributed by atoms with Gasteiger partial charge in [-0.1, -0.05) is 34.1 Å². The molecule has 19 heavy (non-hydrogen) atoms. The molecule has 2 aromatic rings. The second-order valence-electron chi connectivity index (χ2n) is 3.80. The largest absolute Gasteiger partial charge is 0.503 e. The number of carbonyl (C=O) groups excluding carboxylic acids is 1. The number of benzene rings is 1. The molecule has 1 heterocycles. The topological polar surface area (TPSA) is 35.5 Å². The molecule has 0 bridgehead atoms. The van der Waals surface area contributed by atoms with Crippen LogP contribution < -0.4 is 0 Å². The van der Waals surface area contributed by atoms with Gasteiger partial charge in [-0.05, 0) is 17.0 Å². The predicted octanol–water partition coefficient (Wildman–Crippen LogP) is 3.96. The first kappa shape index (κ1) is 14.1. The van der Waals surface area contributed by atoms with Gasteiger partial charge in [0.2, 0.25) is 0 Å². The van der Waals surface area contributed by atoms with Crippen LogP contribution in [0.2, 0.25) is 0 Å². The van der Waals surface area contributed by atoms with Gasteiger partial charge in [-0.3, -0.25) is 0 Å². The molecular weight excluding hydrogens is 328 g/mol. The predicted molar refractivity (Wildman–Crippen MR) is 81.5 cm³/mol.